The molecular formula is C24H23NO2. The van der Waals surface area contributed by atoms with Crippen LogP contribution in [0.2, 0.25) is 0 Å². The van der Waals surface area contributed by atoms with E-state index in [-0.39, 0.29) is 0 Å². The van der Waals surface area contributed by atoms with E-state index in [9.17, 15) is 0 Å². The van der Waals surface area contributed by atoms with Gasteiger partial charge in [0.2, 0.25) is 5.90 Å². The second kappa shape index (κ2) is 8.86. The number of nitrogens with zero attached hydrogens (tertiary/aromatic N) is 1. The van der Waals surface area contributed by atoms with Crippen LogP contribution in [-0.4, -0.2) is 5.90 Å². The van der Waals surface area contributed by atoms with Crippen molar-refractivity contribution in [3.8, 4) is 11.5 Å². The first-order chi connectivity index (χ1) is 13.1. The third-order valence-corrected chi connectivity index (χ3v) is 3.92. The summed E-state index contributed by atoms with van der Waals surface area (Å²) in [6, 6.07) is 25.5. The molecule has 0 saturated carbocycles. The molecule has 0 aliphatic rings. The molecule has 0 unspecified atom stereocenters. The summed E-state index contributed by atoms with van der Waals surface area (Å²) in [5.74, 6) is 2.01. The molecule has 3 aromatic rings. The van der Waals surface area contributed by atoms with Gasteiger partial charge in [0, 0.05) is 5.57 Å². The number of hydrogen-bond acceptors (Lipinski definition) is 3. The summed E-state index contributed by atoms with van der Waals surface area (Å²) < 4.78 is 11.8. The quantitative estimate of drug-likeness (QED) is 0.301. The lowest BCUT2D eigenvalue weighted by molar-refractivity contribution is 0.473. The van der Waals surface area contributed by atoms with Crippen LogP contribution in [0, 0.1) is 13.8 Å². The zero-order valence-corrected chi connectivity index (χ0v) is 15.8. The molecule has 0 fully saturated rings. The smallest absolute Gasteiger partial charge is 0.225 e. The molecule has 0 heterocycles. The number of hydrogen-bond donors (Lipinski definition) is 0. The highest BCUT2D eigenvalue weighted by Crippen LogP contribution is 2.19. The van der Waals surface area contributed by atoms with Crippen molar-refractivity contribution in [2.45, 2.75) is 20.8 Å². The van der Waals surface area contributed by atoms with E-state index in [1.165, 1.54) is 5.56 Å². The summed E-state index contributed by atoms with van der Waals surface area (Å²) in [5, 5.41) is 0. The van der Waals surface area contributed by atoms with Gasteiger partial charge in [-0.05, 0) is 62.7 Å². The fraction of sp³-hybridized carbons (Fsp3) is 0.125. The minimum absolute atomic E-state index is 0.498. The SMILES string of the molecule is CC(=COc1cccc(C)c1)C(=Nc1ccc(C)cc1)Oc1ccccc1. The van der Waals surface area contributed by atoms with Gasteiger partial charge < -0.3 is 9.47 Å². The van der Waals surface area contributed by atoms with E-state index in [0.717, 1.165) is 28.3 Å². The zero-order chi connectivity index (χ0) is 19.1. The Morgan fingerprint density at radius 3 is 2.19 bits per heavy atom. The molecule has 0 atom stereocenters. The van der Waals surface area contributed by atoms with Gasteiger partial charge in [-0.2, -0.15) is 0 Å². The van der Waals surface area contributed by atoms with Crippen LogP contribution >= 0.6 is 0 Å². The Balaban J connectivity index is 1.87. The van der Waals surface area contributed by atoms with Gasteiger partial charge in [0.05, 0.1) is 11.9 Å². The minimum Gasteiger partial charge on any atom is -0.465 e. The maximum atomic E-state index is 6.02. The molecule has 0 aliphatic carbocycles. The molecule has 3 rings (SSSR count). The van der Waals surface area contributed by atoms with Gasteiger partial charge in [-0.15, -0.1) is 0 Å². The topological polar surface area (TPSA) is 30.8 Å². The monoisotopic (exact) mass is 357 g/mol. The predicted molar refractivity (Wildman–Crippen MR) is 111 cm³/mol. The maximum Gasteiger partial charge on any atom is 0.225 e. The average molecular weight is 357 g/mol. The molecule has 0 aliphatic heterocycles. The lowest BCUT2D eigenvalue weighted by Crippen LogP contribution is -2.10. The van der Waals surface area contributed by atoms with Crippen LogP contribution in [0.1, 0.15) is 18.1 Å². The molecule has 0 spiro atoms. The van der Waals surface area contributed by atoms with E-state index < -0.39 is 0 Å². The van der Waals surface area contributed by atoms with Crippen LogP contribution in [0.5, 0.6) is 11.5 Å². The van der Waals surface area contributed by atoms with E-state index >= 15 is 0 Å². The Morgan fingerprint density at radius 1 is 0.778 bits per heavy atom. The molecule has 3 aromatic carbocycles. The number of benzene rings is 3. The van der Waals surface area contributed by atoms with Crippen molar-refractivity contribution in [1.82, 2.24) is 0 Å². The number of para-hydroxylation sites is 1. The van der Waals surface area contributed by atoms with Crippen molar-refractivity contribution in [3.05, 3.63) is 102 Å². The van der Waals surface area contributed by atoms with Crippen molar-refractivity contribution >= 4 is 11.6 Å². The number of aliphatic imine (C=N–C) groups is 1. The number of rotatable bonds is 5. The molecule has 0 aromatic heterocycles. The lowest BCUT2D eigenvalue weighted by atomic mass is 10.2. The van der Waals surface area contributed by atoms with Gasteiger partial charge in [0.15, 0.2) is 0 Å². The van der Waals surface area contributed by atoms with Gasteiger partial charge in [0.1, 0.15) is 11.5 Å². The molecule has 136 valence electrons. The number of aryl methyl sites for hydroxylation is 2. The van der Waals surface area contributed by atoms with Crippen molar-refractivity contribution in [1.29, 1.82) is 0 Å². The van der Waals surface area contributed by atoms with Crippen LogP contribution in [0.3, 0.4) is 0 Å². The van der Waals surface area contributed by atoms with E-state index in [4.69, 9.17) is 9.47 Å². The van der Waals surface area contributed by atoms with Crippen LogP contribution < -0.4 is 9.47 Å². The second-order valence-electron chi connectivity index (χ2n) is 6.40. The van der Waals surface area contributed by atoms with Gasteiger partial charge in [-0.25, -0.2) is 4.99 Å². The molecule has 3 heteroatoms. The molecule has 0 amide bonds. The van der Waals surface area contributed by atoms with Crippen molar-refractivity contribution in [2.24, 2.45) is 4.99 Å². The molecule has 0 saturated heterocycles. The van der Waals surface area contributed by atoms with Gasteiger partial charge in [-0.3, -0.25) is 0 Å². The van der Waals surface area contributed by atoms with E-state index in [2.05, 4.69) is 11.9 Å². The lowest BCUT2D eigenvalue weighted by Gasteiger charge is -2.10. The first kappa shape index (κ1) is 18.5. The van der Waals surface area contributed by atoms with Crippen LogP contribution in [-0.2, 0) is 0 Å². The number of ether oxygens (including phenoxy) is 2. The molecule has 27 heavy (non-hydrogen) atoms. The Hall–Kier alpha value is -3.33. The van der Waals surface area contributed by atoms with Crippen LogP contribution in [0.25, 0.3) is 0 Å². The summed E-state index contributed by atoms with van der Waals surface area (Å²) >= 11 is 0. The maximum absolute atomic E-state index is 6.02. The predicted octanol–water partition coefficient (Wildman–Crippen LogP) is 6.40. The fourth-order valence-corrected chi connectivity index (χ4v) is 2.42. The first-order valence-corrected chi connectivity index (χ1v) is 8.89. The zero-order valence-electron chi connectivity index (χ0n) is 15.8. The highest BCUT2D eigenvalue weighted by Gasteiger charge is 2.08. The molecule has 0 bridgehead atoms. The molecule has 0 N–H and O–H groups in total. The first-order valence-electron chi connectivity index (χ1n) is 8.89. The fourth-order valence-electron chi connectivity index (χ4n) is 2.42. The Bertz CT molecular complexity index is 942. The van der Waals surface area contributed by atoms with Gasteiger partial charge in [-0.1, -0.05) is 48.0 Å². The Labute approximate surface area is 160 Å². The highest BCUT2D eigenvalue weighted by atomic mass is 16.5. The summed E-state index contributed by atoms with van der Waals surface area (Å²) in [7, 11) is 0. The third-order valence-electron chi connectivity index (χ3n) is 3.92. The third kappa shape index (κ3) is 5.58. The normalized spacial score (nSPS) is 12.0. The Kier molecular flexibility index (Phi) is 6.06. The van der Waals surface area contributed by atoms with Gasteiger partial charge in [0.25, 0.3) is 0 Å². The summed E-state index contributed by atoms with van der Waals surface area (Å²) in [6.07, 6.45) is 1.67. The highest BCUT2D eigenvalue weighted by molar-refractivity contribution is 5.96. The summed E-state index contributed by atoms with van der Waals surface area (Å²) in [6.45, 7) is 6.01. The van der Waals surface area contributed by atoms with Crippen molar-refractivity contribution in [2.75, 3.05) is 0 Å². The van der Waals surface area contributed by atoms with E-state index in [1.807, 2.05) is 92.7 Å². The van der Waals surface area contributed by atoms with Crippen molar-refractivity contribution in [3.63, 3.8) is 0 Å². The van der Waals surface area contributed by atoms with Crippen LogP contribution in [0.4, 0.5) is 5.69 Å². The largest absolute Gasteiger partial charge is 0.465 e. The second-order valence-corrected chi connectivity index (χ2v) is 6.40. The van der Waals surface area contributed by atoms with E-state index in [0.29, 0.717) is 5.90 Å². The van der Waals surface area contributed by atoms with E-state index in [1.54, 1.807) is 6.26 Å². The Morgan fingerprint density at radius 2 is 1.48 bits per heavy atom. The molecular weight excluding hydrogens is 334 g/mol. The minimum atomic E-state index is 0.498. The molecule has 3 nitrogen and oxygen atoms in total. The van der Waals surface area contributed by atoms with Crippen LogP contribution in [0.15, 0.2) is 95.7 Å². The van der Waals surface area contributed by atoms with Gasteiger partial charge >= 0.3 is 0 Å². The average Bonchev–Trinajstić information content (AvgIpc) is 2.68. The standard InChI is InChI=1S/C24H23NO2/c1-18-12-14-21(15-13-18)25-24(27-22-9-5-4-6-10-22)20(3)17-26-23-11-7-8-19(2)16-23/h4-17H,1-3H3. The summed E-state index contributed by atoms with van der Waals surface area (Å²) in [5.41, 5.74) is 3.96. The summed E-state index contributed by atoms with van der Waals surface area (Å²) in [4.78, 5) is 4.67. The molecule has 0 radical (unpaired) electrons. The van der Waals surface area contributed by atoms with Crippen molar-refractivity contribution < 1.29 is 9.47 Å².